The van der Waals surface area contributed by atoms with Gasteiger partial charge < -0.3 is 19.1 Å². The Morgan fingerprint density at radius 2 is 1.54 bits per heavy atom. The van der Waals surface area contributed by atoms with E-state index in [1.54, 1.807) is 12.3 Å². The summed E-state index contributed by atoms with van der Waals surface area (Å²) < 4.78 is 13.9. The maximum atomic E-state index is 14.8. The number of carbonyl (C=O) groups is 2. The molecule has 7 nitrogen and oxygen atoms in total. The van der Waals surface area contributed by atoms with E-state index in [1.807, 2.05) is 45.0 Å². The topological polar surface area (TPSA) is 106 Å². The molecule has 0 spiro atoms. The quantitative estimate of drug-likeness (QED) is 0.101. The number of carboxylic acid groups (broad SMARTS) is 1. The van der Waals surface area contributed by atoms with Gasteiger partial charge in [-0.3, -0.25) is 14.6 Å². The lowest BCUT2D eigenvalue weighted by Crippen LogP contribution is -2.54. The zero-order chi connectivity index (χ0) is 38.9. The predicted octanol–water partition coefficient (Wildman–Crippen LogP) is 11.0. The Labute approximate surface area is 311 Å². The first-order valence-corrected chi connectivity index (χ1v) is 24.6. The van der Waals surface area contributed by atoms with Gasteiger partial charge in [-0.05, 0) is 99.4 Å². The number of aliphatic hydroxyl groups excluding tert-OH is 1. The van der Waals surface area contributed by atoms with Crippen molar-refractivity contribution in [2.24, 2.45) is 17.3 Å². The highest BCUT2D eigenvalue weighted by atomic mass is 35.5. The number of halogens is 1. The van der Waals surface area contributed by atoms with Gasteiger partial charge in [-0.1, -0.05) is 98.6 Å². The smallest absolute Gasteiger partial charge is 0.305 e. The van der Waals surface area contributed by atoms with Crippen molar-refractivity contribution < 1.29 is 28.7 Å². The number of aliphatic carboxylic acids is 1. The average molecular weight is 753 g/mol. The molecule has 0 amide bonds. The van der Waals surface area contributed by atoms with E-state index in [2.05, 4.69) is 86.6 Å². The second-order valence-corrected chi connectivity index (χ2v) is 27.8. The first kappa shape index (κ1) is 46.4. The van der Waals surface area contributed by atoms with Crippen LogP contribution in [0.2, 0.25) is 36.3 Å². The van der Waals surface area contributed by atoms with Gasteiger partial charge in [-0.25, -0.2) is 0 Å². The van der Waals surface area contributed by atoms with Gasteiger partial charge in [0.25, 0.3) is 0 Å². The lowest BCUT2D eigenvalue weighted by atomic mass is 9.71. The first-order chi connectivity index (χ1) is 22.7. The van der Waals surface area contributed by atoms with Crippen molar-refractivity contribution in [2.75, 3.05) is 0 Å². The number of carboxylic acids is 1. The molecule has 1 aromatic rings. The van der Waals surface area contributed by atoms with Crippen LogP contribution >= 0.6 is 11.6 Å². The fraction of sp³-hybridized carbons (Fsp3) is 0.725. The standard InChI is InChI=1S/C40H70ClNO6Si2/c1-16-31(37(46)40(10,11)34(27-35(44)45)47-49(12,13)38(4,5)6)36(48-50(14,15)39(7,8)9)29(3)21-19-20-28(2)23-24-33(43)32(41)26-30-22-17-18-25-42-30/h17-18,22-23,25-26,29,31,33-34,36,43H,16,19-21,24,27H2,1-15H3,(H,44,45)/b28-23+,32-26-/t29-,31+,33-,34-,36-/m0/s1. The second-order valence-electron chi connectivity index (χ2n) is 17.9. The third-order valence-electron chi connectivity index (χ3n) is 11.2. The van der Waals surface area contributed by atoms with Crippen molar-refractivity contribution in [1.82, 2.24) is 4.98 Å². The first-order valence-electron chi connectivity index (χ1n) is 18.4. The molecule has 1 rings (SSSR count). The van der Waals surface area contributed by atoms with Crippen molar-refractivity contribution in [3.63, 3.8) is 0 Å². The van der Waals surface area contributed by atoms with Crippen LogP contribution in [0.5, 0.6) is 0 Å². The van der Waals surface area contributed by atoms with Crippen LogP contribution in [0.25, 0.3) is 6.08 Å². The summed E-state index contributed by atoms with van der Waals surface area (Å²) in [7, 11) is -4.68. The molecule has 1 heterocycles. The zero-order valence-corrected chi connectivity index (χ0v) is 36.7. The molecule has 0 unspecified atom stereocenters. The highest BCUT2D eigenvalue weighted by Gasteiger charge is 2.50. The summed E-state index contributed by atoms with van der Waals surface area (Å²) in [5.41, 5.74) is 0.841. The van der Waals surface area contributed by atoms with Gasteiger partial charge in [0.1, 0.15) is 5.78 Å². The van der Waals surface area contributed by atoms with Crippen LogP contribution in [0.4, 0.5) is 0 Å². The van der Waals surface area contributed by atoms with Crippen LogP contribution in [0.15, 0.2) is 41.1 Å². The normalized spacial score (nSPS) is 17.2. The van der Waals surface area contributed by atoms with Crippen molar-refractivity contribution in [3.05, 3.63) is 46.8 Å². The Morgan fingerprint density at radius 3 is 2.02 bits per heavy atom. The number of hydrogen-bond acceptors (Lipinski definition) is 6. The number of ketones is 1. The molecule has 1 aromatic heterocycles. The lowest BCUT2D eigenvalue weighted by Gasteiger charge is -2.47. The molecule has 0 saturated carbocycles. The van der Waals surface area contributed by atoms with Gasteiger partial charge >= 0.3 is 5.97 Å². The van der Waals surface area contributed by atoms with Crippen LogP contribution in [0.3, 0.4) is 0 Å². The number of nitrogens with zero attached hydrogens (tertiary/aromatic N) is 1. The molecule has 0 fully saturated rings. The maximum Gasteiger partial charge on any atom is 0.305 e. The SMILES string of the molecule is CC[C@@H](C(=O)C(C)(C)[C@H](CC(=O)O)O[Si](C)(C)C(C)(C)C)[C@@H](O[Si](C)(C)C(C)(C)C)[C@@H](C)CCC/C(C)=C/C[C@H](O)/C(Cl)=C/c1ccccn1. The number of pyridine rings is 1. The number of hydrogen-bond donors (Lipinski definition) is 2. The molecular weight excluding hydrogens is 682 g/mol. The molecule has 286 valence electrons. The average Bonchev–Trinajstić information content (AvgIpc) is 2.98. The monoisotopic (exact) mass is 751 g/mol. The molecule has 0 aliphatic carbocycles. The summed E-state index contributed by atoms with van der Waals surface area (Å²) in [5, 5.41) is 20.7. The number of rotatable bonds is 20. The van der Waals surface area contributed by atoms with Gasteiger partial charge in [0, 0.05) is 22.6 Å². The molecule has 0 aliphatic rings. The minimum Gasteiger partial charge on any atom is -0.481 e. The minimum absolute atomic E-state index is 0.0150. The van der Waals surface area contributed by atoms with Crippen molar-refractivity contribution >= 4 is 46.1 Å². The molecule has 2 N–H and O–H groups in total. The van der Waals surface area contributed by atoms with Gasteiger partial charge in [-0.2, -0.15) is 0 Å². The molecule has 0 radical (unpaired) electrons. The van der Waals surface area contributed by atoms with Gasteiger partial charge in [-0.15, -0.1) is 0 Å². The largest absolute Gasteiger partial charge is 0.481 e. The molecule has 50 heavy (non-hydrogen) atoms. The summed E-state index contributed by atoms with van der Waals surface area (Å²) in [6.07, 6.45) is 6.94. The maximum absolute atomic E-state index is 14.8. The van der Waals surface area contributed by atoms with Gasteiger partial charge in [0.15, 0.2) is 16.6 Å². The van der Waals surface area contributed by atoms with E-state index in [9.17, 15) is 19.8 Å². The summed E-state index contributed by atoms with van der Waals surface area (Å²) in [4.78, 5) is 31.1. The van der Waals surface area contributed by atoms with Crippen LogP contribution < -0.4 is 0 Å². The van der Waals surface area contributed by atoms with Crippen molar-refractivity contribution in [2.45, 2.75) is 169 Å². The Morgan fingerprint density at radius 1 is 0.980 bits per heavy atom. The van der Waals surface area contributed by atoms with E-state index in [1.165, 1.54) is 5.57 Å². The van der Waals surface area contributed by atoms with E-state index in [-0.39, 0.29) is 34.3 Å². The third-order valence-corrected chi connectivity index (χ3v) is 20.5. The number of aliphatic hydroxyl groups is 1. The van der Waals surface area contributed by atoms with E-state index >= 15 is 0 Å². The number of Topliss-reactive ketones (excluding diaryl/α,β-unsaturated/α-hetero) is 1. The minimum atomic E-state index is -2.39. The Hall–Kier alpha value is -1.63. The van der Waals surface area contributed by atoms with E-state index in [0.29, 0.717) is 23.6 Å². The summed E-state index contributed by atoms with van der Waals surface area (Å²) in [6.45, 7) is 31.7. The van der Waals surface area contributed by atoms with Crippen LogP contribution in [-0.2, 0) is 18.4 Å². The number of carbonyl (C=O) groups excluding carboxylic acids is 1. The van der Waals surface area contributed by atoms with Crippen molar-refractivity contribution in [1.29, 1.82) is 0 Å². The predicted molar refractivity (Wildman–Crippen MR) is 214 cm³/mol. The number of aromatic nitrogens is 1. The van der Waals surface area contributed by atoms with E-state index in [0.717, 1.165) is 19.3 Å². The fourth-order valence-corrected chi connectivity index (χ4v) is 8.62. The van der Waals surface area contributed by atoms with Crippen LogP contribution in [0.1, 0.15) is 120 Å². The Balaban J connectivity index is 3.28. The van der Waals surface area contributed by atoms with Crippen LogP contribution in [0, 0.1) is 17.3 Å². The lowest BCUT2D eigenvalue weighted by molar-refractivity contribution is -0.147. The second kappa shape index (κ2) is 18.9. The molecular formula is C40H70ClNO6Si2. The van der Waals surface area contributed by atoms with Gasteiger partial charge in [0.05, 0.1) is 30.4 Å². The molecule has 0 bridgehead atoms. The fourth-order valence-electron chi connectivity index (χ4n) is 5.54. The summed E-state index contributed by atoms with van der Waals surface area (Å²) in [5.74, 6) is -1.27. The Kier molecular flexibility index (Phi) is 17.6. The zero-order valence-electron chi connectivity index (χ0n) is 33.9. The highest BCUT2D eigenvalue weighted by Crippen LogP contribution is 2.44. The summed E-state index contributed by atoms with van der Waals surface area (Å²) in [6, 6.07) is 5.55. The molecule has 0 aliphatic heterocycles. The summed E-state index contributed by atoms with van der Waals surface area (Å²) >= 11 is 6.38. The third kappa shape index (κ3) is 13.7. The Bertz CT molecular complexity index is 1300. The van der Waals surface area contributed by atoms with Crippen molar-refractivity contribution in [3.8, 4) is 0 Å². The molecule has 0 aromatic carbocycles. The number of allylic oxidation sites excluding steroid dienone is 1. The van der Waals surface area contributed by atoms with E-state index < -0.39 is 46.1 Å². The van der Waals surface area contributed by atoms with E-state index in [4.69, 9.17) is 20.5 Å². The highest BCUT2D eigenvalue weighted by molar-refractivity contribution is 6.74. The van der Waals surface area contributed by atoms with Crippen LogP contribution in [-0.4, -0.2) is 61.9 Å². The molecule has 10 heteroatoms. The molecule has 0 saturated heterocycles. The molecule has 5 atom stereocenters. The van der Waals surface area contributed by atoms with Gasteiger partial charge in [0.2, 0.25) is 0 Å².